The van der Waals surface area contributed by atoms with E-state index in [-0.39, 0.29) is 5.91 Å². The van der Waals surface area contributed by atoms with Crippen LogP contribution in [0, 0.1) is 0 Å². The molecule has 1 aromatic carbocycles. The molecule has 0 unspecified atom stereocenters. The van der Waals surface area contributed by atoms with Crippen LogP contribution in [-0.4, -0.2) is 12.5 Å². The second-order valence-electron chi connectivity index (χ2n) is 4.95. The Morgan fingerprint density at radius 1 is 1.09 bits per heavy atom. The number of benzene rings is 1. The minimum Gasteiger partial charge on any atom is -0.486 e. The number of furan rings is 1. The van der Waals surface area contributed by atoms with Gasteiger partial charge in [-0.2, -0.15) is 0 Å². The van der Waals surface area contributed by atoms with Crippen LogP contribution in [0.15, 0.2) is 64.4 Å². The van der Waals surface area contributed by atoms with E-state index in [1.165, 1.54) is 4.88 Å². The van der Waals surface area contributed by atoms with E-state index in [1.807, 2.05) is 41.8 Å². The molecule has 2 aromatic heterocycles. The molecular formula is C18H17NO3S. The number of nitrogens with one attached hydrogen (secondary N) is 1. The largest absolute Gasteiger partial charge is 0.486 e. The number of rotatable bonds is 7. The Bertz CT molecular complexity index is 735. The third-order valence-electron chi connectivity index (χ3n) is 3.25. The zero-order valence-electron chi connectivity index (χ0n) is 12.5. The number of carbonyl (C=O) groups excluding carboxylic acids is 1. The van der Waals surface area contributed by atoms with Crippen molar-refractivity contribution in [2.45, 2.75) is 13.0 Å². The average molecular weight is 327 g/mol. The fourth-order valence-electron chi connectivity index (χ4n) is 2.09. The molecule has 5 heteroatoms. The van der Waals surface area contributed by atoms with Crippen LogP contribution in [0.4, 0.5) is 0 Å². The van der Waals surface area contributed by atoms with Crippen LogP contribution >= 0.6 is 11.3 Å². The topological polar surface area (TPSA) is 51.5 Å². The Balaban J connectivity index is 1.47. The molecule has 0 saturated heterocycles. The third-order valence-corrected chi connectivity index (χ3v) is 4.18. The van der Waals surface area contributed by atoms with Crippen LogP contribution < -0.4 is 10.1 Å². The van der Waals surface area contributed by atoms with Crippen molar-refractivity contribution in [3.63, 3.8) is 0 Å². The summed E-state index contributed by atoms with van der Waals surface area (Å²) >= 11 is 1.69. The van der Waals surface area contributed by atoms with E-state index >= 15 is 0 Å². The molecule has 3 aromatic rings. The highest BCUT2D eigenvalue weighted by molar-refractivity contribution is 7.09. The lowest BCUT2D eigenvalue weighted by atomic mass is 10.3. The zero-order valence-corrected chi connectivity index (χ0v) is 13.3. The predicted octanol–water partition coefficient (Wildman–Crippen LogP) is 3.89. The lowest BCUT2D eigenvalue weighted by Gasteiger charge is -2.03. The second kappa shape index (κ2) is 7.65. The molecule has 118 valence electrons. The number of thiophene rings is 1. The molecule has 1 N–H and O–H groups in total. The number of hydrogen-bond acceptors (Lipinski definition) is 4. The molecule has 1 amide bonds. The Hall–Kier alpha value is -2.53. The van der Waals surface area contributed by atoms with E-state index < -0.39 is 0 Å². The lowest BCUT2D eigenvalue weighted by molar-refractivity contribution is 0.0922. The molecule has 0 spiro atoms. The van der Waals surface area contributed by atoms with Crippen LogP contribution in [0.5, 0.6) is 5.75 Å². The van der Waals surface area contributed by atoms with Gasteiger partial charge < -0.3 is 14.5 Å². The molecule has 0 aliphatic carbocycles. The van der Waals surface area contributed by atoms with Crippen molar-refractivity contribution >= 4 is 17.2 Å². The molecule has 0 atom stereocenters. The zero-order chi connectivity index (χ0) is 15.9. The first-order chi connectivity index (χ1) is 11.3. The average Bonchev–Trinajstić information content (AvgIpc) is 3.25. The highest BCUT2D eigenvalue weighted by Crippen LogP contribution is 2.14. The first-order valence-electron chi connectivity index (χ1n) is 7.38. The molecule has 4 nitrogen and oxygen atoms in total. The molecule has 0 aliphatic heterocycles. The molecular weight excluding hydrogens is 310 g/mol. The first kappa shape index (κ1) is 15.4. The fraction of sp³-hybridized carbons (Fsp3) is 0.167. The van der Waals surface area contributed by atoms with Crippen LogP contribution in [0.25, 0.3) is 0 Å². The van der Waals surface area contributed by atoms with Gasteiger partial charge in [0.1, 0.15) is 18.1 Å². The van der Waals surface area contributed by atoms with Gasteiger partial charge in [0.25, 0.3) is 5.91 Å². The fourth-order valence-corrected chi connectivity index (χ4v) is 2.80. The second-order valence-corrected chi connectivity index (χ2v) is 5.99. The van der Waals surface area contributed by atoms with Gasteiger partial charge in [0.2, 0.25) is 0 Å². The quantitative estimate of drug-likeness (QED) is 0.716. The molecule has 0 saturated carbocycles. The van der Waals surface area contributed by atoms with E-state index in [4.69, 9.17) is 9.15 Å². The van der Waals surface area contributed by atoms with E-state index in [1.54, 1.807) is 23.5 Å². The summed E-state index contributed by atoms with van der Waals surface area (Å²) in [5, 5.41) is 4.89. The highest BCUT2D eigenvalue weighted by Gasteiger charge is 2.11. The third kappa shape index (κ3) is 4.47. The number of para-hydroxylation sites is 1. The van der Waals surface area contributed by atoms with Crippen molar-refractivity contribution in [2.24, 2.45) is 0 Å². The summed E-state index contributed by atoms with van der Waals surface area (Å²) in [6.45, 7) is 0.891. The standard InChI is InChI=1S/C18H17NO3S/c20-18(19-11-10-16-7-4-12-23-16)17-9-8-15(22-17)13-21-14-5-2-1-3-6-14/h1-9,12H,10-11,13H2,(H,19,20). The molecule has 0 radical (unpaired) electrons. The van der Waals surface area contributed by atoms with E-state index in [9.17, 15) is 4.79 Å². The van der Waals surface area contributed by atoms with Crippen molar-refractivity contribution in [2.75, 3.05) is 6.54 Å². The molecule has 2 heterocycles. The Labute approximate surface area is 138 Å². The number of hydrogen-bond donors (Lipinski definition) is 1. The van der Waals surface area contributed by atoms with Gasteiger partial charge in [-0.15, -0.1) is 11.3 Å². The van der Waals surface area contributed by atoms with Gasteiger partial charge in [-0.05, 0) is 42.1 Å². The maximum absolute atomic E-state index is 12.0. The Morgan fingerprint density at radius 3 is 2.74 bits per heavy atom. The summed E-state index contributed by atoms with van der Waals surface area (Å²) in [7, 11) is 0. The van der Waals surface area contributed by atoms with Crippen LogP contribution in [0.2, 0.25) is 0 Å². The van der Waals surface area contributed by atoms with E-state index in [0.717, 1.165) is 12.2 Å². The number of amides is 1. The Kier molecular flexibility index (Phi) is 5.11. The van der Waals surface area contributed by atoms with Crippen molar-refractivity contribution in [3.8, 4) is 5.75 Å². The highest BCUT2D eigenvalue weighted by atomic mass is 32.1. The summed E-state index contributed by atoms with van der Waals surface area (Å²) in [6, 6.07) is 17.0. The minimum atomic E-state index is -0.201. The monoisotopic (exact) mass is 327 g/mol. The smallest absolute Gasteiger partial charge is 0.287 e. The van der Waals surface area contributed by atoms with E-state index in [0.29, 0.717) is 24.7 Å². The minimum absolute atomic E-state index is 0.201. The van der Waals surface area contributed by atoms with Gasteiger partial charge in [0.15, 0.2) is 5.76 Å². The summed E-state index contributed by atoms with van der Waals surface area (Å²) < 4.78 is 11.1. The van der Waals surface area contributed by atoms with Gasteiger partial charge in [-0.1, -0.05) is 24.3 Å². The van der Waals surface area contributed by atoms with Crippen molar-refractivity contribution < 1.29 is 13.9 Å². The summed E-state index contributed by atoms with van der Waals surface area (Å²) in [5.74, 6) is 1.50. The molecule has 3 rings (SSSR count). The molecule has 0 bridgehead atoms. The SMILES string of the molecule is O=C(NCCc1cccs1)c1ccc(COc2ccccc2)o1. The first-order valence-corrected chi connectivity index (χ1v) is 8.26. The van der Waals surface area contributed by atoms with Crippen LogP contribution in [-0.2, 0) is 13.0 Å². The molecule has 0 aliphatic rings. The van der Waals surface area contributed by atoms with Gasteiger partial charge in [0, 0.05) is 11.4 Å². The van der Waals surface area contributed by atoms with Crippen molar-refractivity contribution in [3.05, 3.63) is 76.4 Å². The van der Waals surface area contributed by atoms with E-state index in [2.05, 4.69) is 11.4 Å². The Morgan fingerprint density at radius 2 is 1.96 bits per heavy atom. The van der Waals surface area contributed by atoms with Gasteiger partial charge >= 0.3 is 0 Å². The van der Waals surface area contributed by atoms with Crippen LogP contribution in [0.1, 0.15) is 21.2 Å². The van der Waals surface area contributed by atoms with Crippen LogP contribution in [0.3, 0.4) is 0 Å². The predicted molar refractivity (Wildman–Crippen MR) is 89.8 cm³/mol. The van der Waals surface area contributed by atoms with Gasteiger partial charge in [-0.25, -0.2) is 0 Å². The van der Waals surface area contributed by atoms with Gasteiger partial charge in [-0.3, -0.25) is 4.79 Å². The van der Waals surface area contributed by atoms with Gasteiger partial charge in [0.05, 0.1) is 0 Å². The normalized spacial score (nSPS) is 10.4. The lowest BCUT2D eigenvalue weighted by Crippen LogP contribution is -2.25. The maximum atomic E-state index is 12.0. The summed E-state index contributed by atoms with van der Waals surface area (Å²) in [5.41, 5.74) is 0. The summed E-state index contributed by atoms with van der Waals surface area (Å²) in [6.07, 6.45) is 0.827. The van der Waals surface area contributed by atoms with Crippen molar-refractivity contribution in [1.82, 2.24) is 5.32 Å². The van der Waals surface area contributed by atoms with Crippen molar-refractivity contribution in [1.29, 1.82) is 0 Å². The molecule has 23 heavy (non-hydrogen) atoms. The summed E-state index contributed by atoms with van der Waals surface area (Å²) in [4.78, 5) is 13.3. The molecule has 0 fully saturated rings. The number of carbonyl (C=O) groups is 1. The maximum Gasteiger partial charge on any atom is 0.287 e. The number of ether oxygens (including phenoxy) is 1.